The predicted octanol–water partition coefficient (Wildman–Crippen LogP) is 3.61. The molecule has 5 heteroatoms. The number of carboxylic acid groups (broad SMARTS) is 1. The number of carboxylic acids is 1. The molecule has 0 bridgehead atoms. The van der Waals surface area contributed by atoms with E-state index >= 15 is 0 Å². The molecule has 1 aromatic rings. The minimum Gasteiger partial charge on any atom is -0.482 e. The second-order valence-corrected chi connectivity index (χ2v) is 6.27. The number of nitrogens with one attached hydrogen (secondary N) is 1. The molecule has 0 radical (unpaired) electrons. The highest BCUT2D eigenvalue weighted by Crippen LogP contribution is 2.31. The van der Waals surface area contributed by atoms with E-state index < -0.39 is 5.97 Å². The zero-order valence-electron chi connectivity index (χ0n) is 13.8. The van der Waals surface area contributed by atoms with E-state index in [1.165, 1.54) is 6.42 Å². The third kappa shape index (κ3) is 4.98. The monoisotopic (exact) mass is 319 g/mol. The van der Waals surface area contributed by atoms with Crippen molar-refractivity contribution in [3.8, 4) is 5.75 Å². The molecular formula is C18H25NO4. The predicted molar refractivity (Wildman–Crippen MR) is 88.7 cm³/mol. The average Bonchev–Trinajstić information content (AvgIpc) is 2.55. The first-order valence-electron chi connectivity index (χ1n) is 8.25. The van der Waals surface area contributed by atoms with E-state index in [1.807, 2.05) is 6.92 Å². The van der Waals surface area contributed by atoms with Crippen molar-refractivity contribution in [3.05, 3.63) is 23.8 Å². The standard InChI is InChI=1S/C18H25NO4/c1-3-13-4-6-14(7-5-13)18(22)19-16-9-8-15(10-12(16)2)23-11-17(20)21/h8-10,13-14H,3-7,11H2,1-2H3,(H,19,22)(H,20,21). The highest BCUT2D eigenvalue weighted by molar-refractivity contribution is 5.93. The van der Waals surface area contributed by atoms with E-state index in [0.717, 1.165) is 42.9 Å². The summed E-state index contributed by atoms with van der Waals surface area (Å²) < 4.78 is 5.14. The summed E-state index contributed by atoms with van der Waals surface area (Å²) in [5.41, 5.74) is 1.62. The summed E-state index contributed by atoms with van der Waals surface area (Å²) in [5.74, 6) is 0.433. The quantitative estimate of drug-likeness (QED) is 0.840. The second-order valence-electron chi connectivity index (χ2n) is 6.27. The van der Waals surface area contributed by atoms with Gasteiger partial charge in [-0.25, -0.2) is 4.79 Å². The van der Waals surface area contributed by atoms with Crippen LogP contribution < -0.4 is 10.1 Å². The average molecular weight is 319 g/mol. The Labute approximate surface area is 137 Å². The Morgan fingerprint density at radius 3 is 2.52 bits per heavy atom. The van der Waals surface area contributed by atoms with Crippen LogP contribution in [0.25, 0.3) is 0 Å². The van der Waals surface area contributed by atoms with Gasteiger partial charge >= 0.3 is 5.97 Å². The SMILES string of the molecule is CCC1CCC(C(=O)Nc2ccc(OCC(=O)O)cc2C)CC1. The van der Waals surface area contributed by atoms with Crippen molar-refractivity contribution in [1.29, 1.82) is 0 Å². The number of ether oxygens (including phenoxy) is 1. The van der Waals surface area contributed by atoms with Crippen LogP contribution in [0.5, 0.6) is 5.75 Å². The minimum absolute atomic E-state index is 0.0851. The molecule has 1 saturated carbocycles. The highest BCUT2D eigenvalue weighted by Gasteiger charge is 2.25. The number of hydrogen-bond donors (Lipinski definition) is 2. The van der Waals surface area contributed by atoms with Crippen LogP contribution >= 0.6 is 0 Å². The number of benzene rings is 1. The molecule has 1 amide bonds. The van der Waals surface area contributed by atoms with Gasteiger partial charge in [0.2, 0.25) is 5.91 Å². The van der Waals surface area contributed by atoms with Crippen molar-refractivity contribution in [3.63, 3.8) is 0 Å². The van der Waals surface area contributed by atoms with Crippen molar-refractivity contribution in [2.45, 2.75) is 46.0 Å². The van der Waals surface area contributed by atoms with Gasteiger partial charge < -0.3 is 15.2 Å². The van der Waals surface area contributed by atoms with Crippen LogP contribution in [0.1, 0.15) is 44.6 Å². The molecule has 5 nitrogen and oxygen atoms in total. The minimum atomic E-state index is -1.01. The van der Waals surface area contributed by atoms with E-state index in [0.29, 0.717) is 5.75 Å². The molecule has 23 heavy (non-hydrogen) atoms. The summed E-state index contributed by atoms with van der Waals surface area (Å²) in [4.78, 5) is 22.9. The Kier molecular flexibility index (Phi) is 6.02. The van der Waals surface area contributed by atoms with Gasteiger partial charge in [0, 0.05) is 11.6 Å². The lowest BCUT2D eigenvalue weighted by molar-refractivity contribution is -0.139. The van der Waals surface area contributed by atoms with Crippen LogP contribution in [0.4, 0.5) is 5.69 Å². The van der Waals surface area contributed by atoms with Gasteiger partial charge in [0.1, 0.15) is 5.75 Å². The lowest BCUT2D eigenvalue weighted by atomic mass is 9.80. The molecule has 126 valence electrons. The number of aliphatic carboxylic acids is 1. The zero-order chi connectivity index (χ0) is 16.8. The molecule has 0 saturated heterocycles. The zero-order valence-corrected chi connectivity index (χ0v) is 13.8. The first kappa shape index (κ1) is 17.3. The molecule has 0 aliphatic heterocycles. The van der Waals surface area contributed by atoms with Gasteiger partial charge in [-0.15, -0.1) is 0 Å². The fourth-order valence-electron chi connectivity index (χ4n) is 3.08. The van der Waals surface area contributed by atoms with Gasteiger partial charge in [0.05, 0.1) is 0 Å². The fourth-order valence-corrected chi connectivity index (χ4v) is 3.08. The Bertz CT molecular complexity index is 562. The van der Waals surface area contributed by atoms with Gasteiger partial charge in [-0.1, -0.05) is 13.3 Å². The maximum absolute atomic E-state index is 12.4. The molecule has 1 aliphatic carbocycles. The van der Waals surface area contributed by atoms with Gasteiger partial charge in [-0.3, -0.25) is 4.79 Å². The van der Waals surface area contributed by atoms with Crippen molar-refractivity contribution in [2.75, 3.05) is 11.9 Å². The largest absolute Gasteiger partial charge is 0.482 e. The molecule has 0 heterocycles. The molecule has 0 aromatic heterocycles. The lowest BCUT2D eigenvalue weighted by Gasteiger charge is -2.27. The maximum atomic E-state index is 12.4. The molecule has 2 rings (SSSR count). The number of anilines is 1. The highest BCUT2D eigenvalue weighted by atomic mass is 16.5. The fraction of sp³-hybridized carbons (Fsp3) is 0.556. The van der Waals surface area contributed by atoms with Crippen LogP contribution in [-0.4, -0.2) is 23.6 Å². The van der Waals surface area contributed by atoms with E-state index in [9.17, 15) is 9.59 Å². The Hall–Kier alpha value is -2.04. The number of rotatable bonds is 6. The van der Waals surface area contributed by atoms with E-state index in [1.54, 1.807) is 18.2 Å². The van der Waals surface area contributed by atoms with E-state index in [2.05, 4.69) is 12.2 Å². The van der Waals surface area contributed by atoms with Gasteiger partial charge in [-0.2, -0.15) is 0 Å². The lowest BCUT2D eigenvalue weighted by Crippen LogP contribution is -2.27. The third-order valence-corrected chi connectivity index (χ3v) is 4.61. The molecule has 0 unspecified atom stereocenters. The van der Waals surface area contributed by atoms with Crippen molar-refractivity contribution < 1.29 is 19.4 Å². The number of carbonyl (C=O) groups is 2. The molecule has 1 aromatic carbocycles. The van der Waals surface area contributed by atoms with Gasteiger partial charge in [0.15, 0.2) is 6.61 Å². The normalized spacial score (nSPS) is 20.8. The molecule has 1 aliphatic rings. The van der Waals surface area contributed by atoms with Gasteiger partial charge in [-0.05, 0) is 62.3 Å². The molecule has 1 fully saturated rings. The van der Waals surface area contributed by atoms with E-state index in [-0.39, 0.29) is 18.4 Å². The Morgan fingerprint density at radius 2 is 1.96 bits per heavy atom. The number of amides is 1. The summed E-state index contributed by atoms with van der Waals surface area (Å²) in [7, 11) is 0. The molecule has 2 N–H and O–H groups in total. The van der Waals surface area contributed by atoms with Crippen molar-refractivity contribution in [1.82, 2.24) is 0 Å². The maximum Gasteiger partial charge on any atom is 0.341 e. The van der Waals surface area contributed by atoms with Crippen LogP contribution in [0, 0.1) is 18.8 Å². The van der Waals surface area contributed by atoms with Gasteiger partial charge in [0.25, 0.3) is 0 Å². The van der Waals surface area contributed by atoms with Crippen LogP contribution in [0.2, 0.25) is 0 Å². The smallest absolute Gasteiger partial charge is 0.341 e. The van der Waals surface area contributed by atoms with E-state index in [4.69, 9.17) is 9.84 Å². The molecular weight excluding hydrogens is 294 g/mol. The third-order valence-electron chi connectivity index (χ3n) is 4.61. The first-order chi connectivity index (χ1) is 11.0. The summed E-state index contributed by atoms with van der Waals surface area (Å²) in [6, 6.07) is 5.19. The number of aryl methyl sites for hydroxylation is 1. The van der Waals surface area contributed by atoms with Crippen molar-refractivity contribution in [2.24, 2.45) is 11.8 Å². The molecule has 0 spiro atoms. The van der Waals surface area contributed by atoms with Crippen LogP contribution in [0.15, 0.2) is 18.2 Å². The summed E-state index contributed by atoms with van der Waals surface area (Å²) in [5, 5.41) is 11.6. The Balaban J connectivity index is 1.92. The molecule has 0 atom stereocenters. The Morgan fingerprint density at radius 1 is 1.26 bits per heavy atom. The first-order valence-corrected chi connectivity index (χ1v) is 8.25. The summed E-state index contributed by atoms with van der Waals surface area (Å²) >= 11 is 0. The second kappa shape index (κ2) is 7.99. The van der Waals surface area contributed by atoms with Crippen LogP contribution in [-0.2, 0) is 9.59 Å². The van der Waals surface area contributed by atoms with Crippen molar-refractivity contribution >= 4 is 17.6 Å². The summed E-state index contributed by atoms with van der Waals surface area (Å²) in [6.45, 7) is 3.71. The summed E-state index contributed by atoms with van der Waals surface area (Å²) in [6.07, 6.45) is 5.39. The van der Waals surface area contributed by atoms with Crippen LogP contribution in [0.3, 0.4) is 0 Å². The number of hydrogen-bond acceptors (Lipinski definition) is 3. The topological polar surface area (TPSA) is 75.6 Å². The number of carbonyl (C=O) groups excluding carboxylic acids is 1.